The van der Waals surface area contributed by atoms with Gasteiger partial charge in [-0.1, -0.05) is 23.2 Å². The number of carbonyl (C=O) groups is 2. The SMILES string of the molecule is Cn1c(C(=O)N2CC(CC(=O)O)C2)cc(Cl)c1Cl. The summed E-state index contributed by atoms with van der Waals surface area (Å²) in [6.07, 6.45) is 0.0957. The first-order chi connectivity index (χ1) is 8.40. The number of hydrogen-bond acceptors (Lipinski definition) is 2. The van der Waals surface area contributed by atoms with Gasteiger partial charge in [-0.15, -0.1) is 0 Å². The molecule has 98 valence electrons. The molecular weight excluding hydrogens is 279 g/mol. The lowest BCUT2D eigenvalue weighted by molar-refractivity contribution is -0.139. The Kier molecular flexibility index (Phi) is 3.54. The van der Waals surface area contributed by atoms with Crippen molar-refractivity contribution in [3.8, 4) is 0 Å². The summed E-state index contributed by atoms with van der Waals surface area (Å²) in [5.41, 5.74) is 0.416. The van der Waals surface area contributed by atoms with Crippen LogP contribution in [0.2, 0.25) is 10.2 Å². The molecular formula is C11H12Cl2N2O3. The lowest BCUT2D eigenvalue weighted by Crippen LogP contribution is -2.50. The van der Waals surface area contributed by atoms with Crippen LogP contribution in [0.25, 0.3) is 0 Å². The molecule has 0 atom stereocenters. The number of aliphatic carboxylic acids is 1. The third-order valence-electron chi connectivity index (χ3n) is 3.04. The average molecular weight is 291 g/mol. The molecule has 1 N–H and O–H groups in total. The predicted octanol–water partition coefficient (Wildman–Crippen LogP) is 1.88. The first kappa shape index (κ1) is 13.2. The van der Waals surface area contributed by atoms with Gasteiger partial charge in [0.1, 0.15) is 10.8 Å². The topological polar surface area (TPSA) is 62.5 Å². The second-order valence-electron chi connectivity index (χ2n) is 4.40. The number of amides is 1. The van der Waals surface area contributed by atoms with Crippen LogP contribution in [0.4, 0.5) is 0 Å². The van der Waals surface area contributed by atoms with E-state index in [1.165, 1.54) is 10.6 Å². The highest BCUT2D eigenvalue weighted by molar-refractivity contribution is 6.41. The zero-order chi connectivity index (χ0) is 13.4. The Bertz CT molecular complexity index is 507. The second kappa shape index (κ2) is 4.82. The van der Waals surface area contributed by atoms with Gasteiger partial charge in [-0.3, -0.25) is 9.59 Å². The van der Waals surface area contributed by atoms with Crippen LogP contribution in [-0.4, -0.2) is 39.5 Å². The molecule has 0 aromatic carbocycles. The fourth-order valence-electron chi connectivity index (χ4n) is 2.02. The summed E-state index contributed by atoms with van der Waals surface area (Å²) >= 11 is 11.7. The summed E-state index contributed by atoms with van der Waals surface area (Å²) in [6, 6.07) is 1.52. The highest BCUT2D eigenvalue weighted by atomic mass is 35.5. The minimum atomic E-state index is -0.836. The van der Waals surface area contributed by atoms with Gasteiger partial charge in [0, 0.05) is 26.1 Å². The maximum absolute atomic E-state index is 12.1. The minimum absolute atomic E-state index is 0.0395. The molecule has 2 heterocycles. The zero-order valence-corrected chi connectivity index (χ0v) is 11.2. The lowest BCUT2D eigenvalue weighted by atomic mass is 9.96. The van der Waals surface area contributed by atoms with Gasteiger partial charge in [0.2, 0.25) is 0 Å². The molecule has 2 rings (SSSR count). The van der Waals surface area contributed by atoms with Gasteiger partial charge in [-0.2, -0.15) is 0 Å². The van der Waals surface area contributed by atoms with Crippen LogP contribution in [0.3, 0.4) is 0 Å². The van der Waals surface area contributed by atoms with Crippen LogP contribution < -0.4 is 0 Å². The third-order valence-corrected chi connectivity index (χ3v) is 3.89. The van der Waals surface area contributed by atoms with E-state index < -0.39 is 5.97 Å². The van der Waals surface area contributed by atoms with Crippen LogP contribution in [-0.2, 0) is 11.8 Å². The van der Waals surface area contributed by atoms with Crippen molar-refractivity contribution in [2.24, 2.45) is 13.0 Å². The Hall–Kier alpha value is -1.20. The minimum Gasteiger partial charge on any atom is -0.481 e. The Morgan fingerprint density at radius 3 is 2.50 bits per heavy atom. The molecule has 0 aliphatic carbocycles. The maximum atomic E-state index is 12.1. The lowest BCUT2D eigenvalue weighted by Gasteiger charge is -2.38. The molecule has 5 nitrogen and oxygen atoms in total. The number of halogens is 2. The molecule has 0 spiro atoms. The van der Waals surface area contributed by atoms with E-state index in [-0.39, 0.29) is 18.2 Å². The van der Waals surface area contributed by atoms with Crippen molar-refractivity contribution in [2.45, 2.75) is 6.42 Å². The number of nitrogens with zero attached hydrogens (tertiary/aromatic N) is 2. The predicted molar refractivity (Wildman–Crippen MR) is 67.1 cm³/mol. The van der Waals surface area contributed by atoms with Crippen molar-refractivity contribution >= 4 is 35.1 Å². The molecule has 1 amide bonds. The van der Waals surface area contributed by atoms with E-state index in [0.29, 0.717) is 29.0 Å². The average Bonchev–Trinajstić information content (AvgIpc) is 2.50. The molecule has 0 saturated carbocycles. The molecule has 1 aromatic rings. The first-order valence-corrected chi connectivity index (χ1v) is 6.17. The maximum Gasteiger partial charge on any atom is 0.303 e. The van der Waals surface area contributed by atoms with Crippen molar-refractivity contribution in [2.75, 3.05) is 13.1 Å². The van der Waals surface area contributed by atoms with Crippen molar-refractivity contribution in [1.82, 2.24) is 9.47 Å². The quantitative estimate of drug-likeness (QED) is 0.924. The number of carboxylic acid groups (broad SMARTS) is 1. The van der Waals surface area contributed by atoms with Crippen LogP contribution >= 0.6 is 23.2 Å². The smallest absolute Gasteiger partial charge is 0.303 e. The van der Waals surface area contributed by atoms with E-state index in [1.54, 1.807) is 11.9 Å². The Balaban J connectivity index is 2.02. The molecule has 1 aliphatic rings. The molecule has 0 bridgehead atoms. The van der Waals surface area contributed by atoms with Crippen molar-refractivity contribution < 1.29 is 14.7 Å². The number of carbonyl (C=O) groups excluding carboxylic acids is 1. The van der Waals surface area contributed by atoms with Crippen LogP contribution in [0.15, 0.2) is 6.07 Å². The number of likely N-dealkylation sites (tertiary alicyclic amines) is 1. The molecule has 18 heavy (non-hydrogen) atoms. The summed E-state index contributed by atoms with van der Waals surface area (Å²) in [5, 5.41) is 9.29. The number of hydrogen-bond donors (Lipinski definition) is 1. The fourth-order valence-corrected chi connectivity index (χ4v) is 2.40. The molecule has 1 aliphatic heterocycles. The van der Waals surface area contributed by atoms with Crippen molar-refractivity contribution in [3.05, 3.63) is 21.9 Å². The van der Waals surface area contributed by atoms with Gasteiger partial charge in [-0.25, -0.2) is 0 Å². The number of rotatable bonds is 3. The van der Waals surface area contributed by atoms with E-state index in [2.05, 4.69) is 0 Å². The van der Waals surface area contributed by atoms with Gasteiger partial charge < -0.3 is 14.6 Å². The molecule has 1 aromatic heterocycles. The Morgan fingerprint density at radius 2 is 2.06 bits per heavy atom. The van der Waals surface area contributed by atoms with E-state index in [0.717, 1.165) is 0 Å². The second-order valence-corrected chi connectivity index (χ2v) is 5.17. The van der Waals surface area contributed by atoms with Gasteiger partial charge in [0.15, 0.2) is 0 Å². The van der Waals surface area contributed by atoms with E-state index in [1.807, 2.05) is 0 Å². The summed E-state index contributed by atoms with van der Waals surface area (Å²) in [4.78, 5) is 24.2. The summed E-state index contributed by atoms with van der Waals surface area (Å²) < 4.78 is 1.52. The highest BCUT2D eigenvalue weighted by Gasteiger charge is 2.33. The first-order valence-electron chi connectivity index (χ1n) is 5.42. The summed E-state index contributed by atoms with van der Waals surface area (Å²) in [6.45, 7) is 0.928. The highest BCUT2D eigenvalue weighted by Crippen LogP contribution is 2.28. The number of carboxylic acids is 1. The van der Waals surface area contributed by atoms with Crippen molar-refractivity contribution in [3.63, 3.8) is 0 Å². The Morgan fingerprint density at radius 1 is 1.44 bits per heavy atom. The molecule has 0 radical (unpaired) electrons. The van der Waals surface area contributed by atoms with Gasteiger partial charge >= 0.3 is 5.97 Å². The van der Waals surface area contributed by atoms with Crippen molar-refractivity contribution in [1.29, 1.82) is 0 Å². The van der Waals surface area contributed by atoms with Gasteiger partial charge in [0.25, 0.3) is 5.91 Å². The summed E-state index contributed by atoms with van der Waals surface area (Å²) in [7, 11) is 1.66. The Labute approximate surface area is 114 Å². The standard InChI is InChI=1S/C11H12Cl2N2O3/c1-14-8(3-7(12)10(14)13)11(18)15-4-6(5-15)2-9(16)17/h3,6H,2,4-5H2,1H3,(H,16,17). The van der Waals surface area contributed by atoms with Crippen LogP contribution in [0.1, 0.15) is 16.9 Å². The number of aromatic nitrogens is 1. The summed E-state index contributed by atoms with van der Waals surface area (Å²) in [5.74, 6) is -0.970. The third kappa shape index (κ3) is 2.33. The fraction of sp³-hybridized carbons (Fsp3) is 0.455. The van der Waals surface area contributed by atoms with Crippen LogP contribution in [0.5, 0.6) is 0 Å². The van der Waals surface area contributed by atoms with Gasteiger partial charge in [0.05, 0.1) is 11.4 Å². The van der Waals surface area contributed by atoms with E-state index in [9.17, 15) is 9.59 Å². The molecule has 1 saturated heterocycles. The van der Waals surface area contributed by atoms with Gasteiger partial charge in [-0.05, 0) is 6.07 Å². The molecule has 1 fully saturated rings. The normalized spacial score (nSPS) is 15.6. The zero-order valence-electron chi connectivity index (χ0n) is 9.69. The van der Waals surface area contributed by atoms with E-state index >= 15 is 0 Å². The van der Waals surface area contributed by atoms with E-state index in [4.69, 9.17) is 28.3 Å². The largest absolute Gasteiger partial charge is 0.481 e. The molecule has 0 unspecified atom stereocenters. The van der Waals surface area contributed by atoms with Crippen LogP contribution in [0, 0.1) is 5.92 Å². The molecule has 7 heteroatoms. The monoisotopic (exact) mass is 290 g/mol.